The second-order valence-corrected chi connectivity index (χ2v) is 4.55. The molecule has 0 aliphatic heterocycles. The molecule has 0 aromatic heterocycles. The Labute approximate surface area is 92.9 Å². The summed E-state index contributed by atoms with van der Waals surface area (Å²) in [7, 11) is 0. The maximum Gasteiger partial charge on any atom is 0.0322 e. The van der Waals surface area contributed by atoms with Crippen molar-refractivity contribution in [2.75, 3.05) is 0 Å². The van der Waals surface area contributed by atoms with Gasteiger partial charge in [-0.3, -0.25) is 0 Å². The lowest BCUT2D eigenvalue weighted by molar-refractivity contribution is 0.297. The molecule has 0 amide bonds. The minimum Gasteiger partial charge on any atom is -0.307 e. The van der Waals surface area contributed by atoms with Crippen LogP contribution in [0, 0.1) is 0 Å². The molecule has 0 saturated heterocycles. The van der Waals surface area contributed by atoms with E-state index in [1.54, 1.807) is 0 Å². The zero-order valence-electron chi connectivity index (χ0n) is 9.58. The molecule has 1 aliphatic rings. The van der Waals surface area contributed by atoms with Crippen LogP contribution in [-0.2, 0) is 0 Å². The van der Waals surface area contributed by atoms with Crippen molar-refractivity contribution in [3.63, 3.8) is 0 Å². The third-order valence-corrected chi connectivity index (χ3v) is 3.32. The molecule has 0 radical (unpaired) electrons. The summed E-state index contributed by atoms with van der Waals surface area (Å²) in [6.45, 7) is 2.26. The smallest absolute Gasteiger partial charge is 0.0322 e. The van der Waals surface area contributed by atoms with E-state index >= 15 is 0 Å². The second-order valence-electron chi connectivity index (χ2n) is 4.55. The summed E-state index contributed by atoms with van der Waals surface area (Å²) in [4.78, 5) is 0. The summed E-state index contributed by atoms with van der Waals surface area (Å²) >= 11 is 0. The summed E-state index contributed by atoms with van der Waals surface area (Å²) in [5.74, 6) is 0. The predicted molar refractivity (Wildman–Crippen MR) is 64.9 cm³/mol. The fourth-order valence-electron chi connectivity index (χ4n) is 2.18. The molecule has 1 nitrogen and oxygen atoms in total. The van der Waals surface area contributed by atoms with Crippen LogP contribution >= 0.6 is 0 Å². The van der Waals surface area contributed by atoms with Crippen LogP contribution < -0.4 is 5.32 Å². The van der Waals surface area contributed by atoms with Gasteiger partial charge < -0.3 is 5.32 Å². The fraction of sp³-hybridized carbons (Fsp3) is 0.571. The Kier molecular flexibility index (Phi) is 3.79. The number of benzene rings is 1. The average molecular weight is 203 g/mol. The fourth-order valence-corrected chi connectivity index (χ4v) is 2.18. The Balaban J connectivity index is 1.98. The molecule has 1 saturated carbocycles. The van der Waals surface area contributed by atoms with Gasteiger partial charge in [-0.1, -0.05) is 50.1 Å². The molecule has 1 atom stereocenters. The quantitative estimate of drug-likeness (QED) is 0.770. The zero-order valence-corrected chi connectivity index (χ0v) is 9.58. The molecule has 1 fully saturated rings. The predicted octanol–water partition coefficient (Wildman–Crippen LogP) is 3.67. The Bertz CT molecular complexity index is 277. The van der Waals surface area contributed by atoms with Crippen LogP contribution in [0.25, 0.3) is 0 Å². The Morgan fingerprint density at radius 1 is 1.27 bits per heavy atom. The van der Waals surface area contributed by atoms with Gasteiger partial charge >= 0.3 is 0 Å². The van der Waals surface area contributed by atoms with E-state index in [4.69, 9.17) is 0 Å². The monoisotopic (exact) mass is 203 g/mol. The van der Waals surface area contributed by atoms with Gasteiger partial charge in [-0.15, -0.1) is 0 Å². The van der Waals surface area contributed by atoms with E-state index in [1.165, 1.54) is 37.7 Å². The number of rotatable bonds is 5. The van der Waals surface area contributed by atoms with Crippen LogP contribution in [0.2, 0.25) is 0 Å². The Morgan fingerprint density at radius 2 is 2.00 bits per heavy atom. The minimum absolute atomic E-state index is 0.571. The lowest BCUT2D eigenvalue weighted by Gasteiger charge is -2.31. The Morgan fingerprint density at radius 3 is 2.53 bits per heavy atom. The van der Waals surface area contributed by atoms with E-state index < -0.39 is 0 Å². The van der Waals surface area contributed by atoms with Crippen LogP contribution in [0.4, 0.5) is 0 Å². The average Bonchev–Trinajstić information content (AvgIpc) is 2.23. The van der Waals surface area contributed by atoms with Crippen molar-refractivity contribution in [2.24, 2.45) is 0 Å². The third kappa shape index (κ3) is 2.82. The largest absolute Gasteiger partial charge is 0.307 e. The van der Waals surface area contributed by atoms with Crippen LogP contribution in [0.15, 0.2) is 30.3 Å². The van der Waals surface area contributed by atoms with E-state index in [-0.39, 0.29) is 0 Å². The van der Waals surface area contributed by atoms with Gasteiger partial charge in [-0.05, 0) is 24.8 Å². The SMILES string of the molecule is CCCC(NC1CCC1)c1ccccc1. The van der Waals surface area contributed by atoms with E-state index in [0.29, 0.717) is 6.04 Å². The summed E-state index contributed by atoms with van der Waals surface area (Å²) < 4.78 is 0. The Hall–Kier alpha value is -0.820. The molecular weight excluding hydrogens is 182 g/mol. The van der Waals surface area contributed by atoms with Gasteiger partial charge in [-0.2, -0.15) is 0 Å². The van der Waals surface area contributed by atoms with Crippen LogP contribution in [0.5, 0.6) is 0 Å². The van der Waals surface area contributed by atoms with Crippen molar-refractivity contribution in [2.45, 2.75) is 51.1 Å². The molecule has 1 aromatic rings. The first-order chi connectivity index (χ1) is 7.40. The first kappa shape index (κ1) is 10.7. The molecule has 0 spiro atoms. The molecule has 0 heterocycles. The van der Waals surface area contributed by atoms with E-state index in [0.717, 1.165) is 6.04 Å². The van der Waals surface area contributed by atoms with Gasteiger partial charge in [0.1, 0.15) is 0 Å². The number of hydrogen-bond donors (Lipinski definition) is 1. The van der Waals surface area contributed by atoms with Crippen molar-refractivity contribution in [3.8, 4) is 0 Å². The zero-order chi connectivity index (χ0) is 10.5. The molecular formula is C14H21N. The normalized spacial score (nSPS) is 18.5. The standard InChI is InChI=1S/C14H21N/c1-2-7-14(15-13-10-6-11-13)12-8-4-3-5-9-12/h3-5,8-9,13-15H,2,6-7,10-11H2,1H3. The van der Waals surface area contributed by atoms with Gasteiger partial charge in [0, 0.05) is 12.1 Å². The molecule has 1 aromatic carbocycles. The van der Waals surface area contributed by atoms with Crippen molar-refractivity contribution in [1.82, 2.24) is 5.32 Å². The van der Waals surface area contributed by atoms with Crippen LogP contribution in [0.3, 0.4) is 0 Å². The second kappa shape index (κ2) is 5.32. The summed E-state index contributed by atoms with van der Waals surface area (Å²) in [6.07, 6.45) is 6.64. The summed E-state index contributed by atoms with van der Waals surface area (Å²) in [5.41, 5.74) is 1.45. The van der Waals surface area contributed by atoms with Crippen molar-refractivity contribution >= 4 is 0 Å². The van der Waals surface area contributed by atoms with Gasteiger partial charge in [-0.25, -0.2) is 0 Å². The maximum atomic E-state index is 3.77. The van der Waals surface area contributed by atoms with E-state index in [9.17, 15) is 0 Å². The topological polar surface area (TPSA) is 12.0 Å². The third-order valence-electron chi connectivity index (χ3n) is 3.32. The van der Waals surface area contributed by atoms with Gasteiger partial charge in [0.2, 0.25) is 0 Å². The summed E-state index contributed by atoms with van der Waals surface area (Å²) in [6, 6.07) is 12.2. The van der Waals surface area contributed by atoms with Gasteiger partial charge in [0.25, 0.3) is 0 Å². The van der Waals surface area contributed by atoms with Gasteiger partial charge in [0.05, 0.1) is 0 Å². The van der Waals surface area contributed by atoms with Crippen molar-refractivity contribution in [3.05, 3.63) is 35.9 Å². The summed E-state index contributed by atoms with van der Waals surface area (Å²) in [5, 5.41) is 3.77. The molecule has 1 heteroatoms. The molecule has 1 N–H and O–H groups in total. The molecule has 0 bridgehead atoms. The molecule has 82 valence electrons. The van der Waals surface area contributed by atoms with E-state index in [1.807, 2.05) is 0 Å². The highest BCUT2D eigenvalue weighted by Crippen LogP contribution is 2.25. The molecule has 2 rings (SSSR count). The first-order valence-electron chi connectivity index (χ1n) is 6.21. The van der Waals surface area contributed by atoms with Crippen LogP contribution in [0.1, 0.15) is 50.6 Å². The molecule has 1 unspecified atom stereocenters. The molecule has 1 aliphatic carbocycles. The molecule has 15 heavy (non-hydrogen) atoms. The van der Waals surface area contributed by atoms with Crippen molar-refractivity contribution in [1.29, 1.82) is 0 Å². The first-order valence-corrected chi connectivity index (χ1v) is 6.21. The number of nitrogens with one attached hydrogen (secondary N) is 1. The van der Waals surface area contributed by atoms with Crippen LogP contribution in [-0.4, -0.2) is 6.04 Å². The lowest BCUT2D eigenvalue weighted by Crippen LogP contribution is -2.37. The highest BCUT2D eigenvalue weighted by molar-refractivity contribution is 5.19. The minimum atomic E-state index is 0.571. The van der Waals surface area contributed by atoms with E-state index in [2.05, 4.69) is 42.6 Å². The number of hydrogen-bond acceptors (Lipinski definition) is 1. The van der Waals surface area contributed by atoms with Crippen molar-refractivity contribution < 1.29 is 0 Å². The highest BCUT2D eigenvalue weighted by atomic mass is 15.0. The highest BCUT2D eigenvalue weighted by Gasteiger charge is 2.21. The van der Waals surface area contributed by atoms with Gasteiger partial charge in [0.15, 0.2) is 0 Å². The maximum absolute atomic E-state index is 3.77. The lowest BCUT2D eigenvalue weighted by atomic mass is 9.90.